The molecular formula is C23H26BrN3O7. The zero-order valence-electron chi connectivity index (χ0n) is 19.1. The maximum atomic E-state index is 12.1. The molecule has 0 unspecified atom stereocenters. The van der Waals surface area contributed by atoms with Crippen LogP contribution in [-0.2, 0) is 14.3 Å². The summed E-state index contributed by atoms with van der Waals surface area (Å²) in [6.07, 6.45) is 1.48. The average Bonchev–Trinajstić information content (AvgIpc) is 2.83. The number of hydrazone groups is 1. The van der Waals surface area contributed by atoms with Crippen molar-refractivity contribution in [3.8, 4) is 17.2 Å². The van der Waals surface area contributed by atoms with Gasteiger partial charge in [0.15, 0.2) is 18.1 Å². The first-order valence-corrected chi connectivity index (χ1v) is 11.1. The van der Waals surface area contributed by atoms with E-state index in [0.29, 0.717) is 39.5 Å². The van der Waals surface area contributed by atoms with Crippen molar-refractivity contribution in [3.63, 3.8) is 0 Å². The van der Waals surface area contributed by atoms with E-state index in [1.165, 1.54) is 13.3 Å². The Morgan fingerprint density at radius 3 is 2.47 bits per heavy atom. The van der Waals surface area contributed by atoms with Gasteiger partial charge in [0, 0.05) is 18.5 Å². The molecule has 0 aliphatic carbocycles. The van der Waals surface area contributed by atoms with Gasteiger partial charge in [-0.05, 0) is 64.8 Å². The molecule has 10 nitrogen and oxygen atoms in total. The summed E-state index contributed by atoms with van der Waals surface area (Å²) in [6.45, 7) is 2.07. The number of hydrogen-bond acceptors (Lipinski definition) is 8. The third kappa shape index (κ3) is 8.39. The van der Waals surface area contributed by atoms with Gasteiger partial charge < -0.3 is 24.3 Å². The lowest BCUT2D eigenvalue weighted by Gasteiger charge is -2.13. The van der Waals surface area contributed by atoms with Crippen LogP contribution in [0.2, 0.25) is 0 Å². The summed E-state index contributed by atoms with van der Waals surface area (Å²) < 4.78 is 21.2. The molecule has 0 radical (unpaired) electrons. The molecule has 0 atom stereocenters. The van der Waals surface area contributed by atoms with Gasteiger partial charge in [-0.3, -0.25) is 9.59 Å². The molecule has 0 bridgehead atoms. The third-order valence-electron chi connectivity index (χ3n) is 4.29. The predicted molar refractivity (Wildman–Crippen MR) is 129 cm³/mol. The lowest BCUT2D eigenvalue weighted by Crippen LogP contribution is -2.29. The van der Waals surface area contributed by atoms with E-state index in [2.05, 4.69) is 36.5 Å². The van der Waals surface area contributed by atoms with E-state index in [9.17, 15) is 14.4 Å². The number of halogens is 1. The number of rotatable bonds is 12. The average molecular weight is 536 g/mol. The molecule has 34 heavy (non-hydrogen) atoms. The number of hydrogen-bond donors (Lipinski definition) is 2. The molecule has 2 aromatic rings. The highest BCUT2D eigenvalue weighted by atomic mass is 79.9. The van der Waals surface area contributed by atoms with E-state index >= 15 is 0 Å². The molecule has 2 amide bonds. The highest BCUT2D eigenvalue weighted by Crippen LogP contribution is 2.36. The topological polar surface area (TPSA) is 125 Å². The van der Waals surface area contributed by atoms with Gasteiger partial charge in [-0.1, -0.05) is 0 Å². The summed E-state index contributed by atoms with van der Waals surface area (Å²) in [5, 5.41) is 6.61. The number of benzene rings is 2. The fraction of sp³-hybridized carbons (Fsp3) is 0.304. The van der Waals surface area contributed by atoms with Crippen molar-refractivity contribution in [1.29, 1.82) is 0 Å². The predicted octanol–water partition coefficient (Wildman–Crippen LogP) is 2.68. The first-order valence-electron chi connectivity index (χ1n) is 10.3. The Morgan fingerprint density at radius 1 is 1.09 bits per heavy atom. The minimum atomic E-state index is -0.525. The minimum Gasteiger partial charge on any atom is -0.497 e. The van der Waals surface area contributed by atoms with Crippen LogP contribution in [0.25, 0.3) is 0 Å². The number of nitrogens with zero attached hydrogens (tertiary/aromatic N) is 1. The smallest absolute Gasteiger partial charge is 0.343 e. The number of nitrogens with one attached hydrogen (secondary N) is 2. The van der Waals surface area contributed by atoms with Crippen molar-refractivity contribution in [2.24, 2.45) is 5.10 Å². The molecule has 2 aromatic carbocycles. The Bertz CT molecular complexity index is 1030. The lowest BCUT2D eigenvalue weighted by atomic mass is 10.2. The molecule has 0 heterocycles. The molecule has 2 rings (SSSR count). The number of amides is 2. The second-order valence-corrected chi connectivity index (χ2v) is 7.51. The molecule has 0 saturated carbocycles. The summed E-state index contributed by atoms with van der Waals surface area (Å²) in [5.74, 6) is 0.214. The first kappa shape index (κ1) is 26.7. The second kappa shape index (κ2) is 13.8. The summed E-state index contributed by atoms with van der Waals surface area (Å²) in [5.41, 5.74) is 3.49. The molecule has 0 aliphatic heterocycles. The number of esters is 1. The van der Waals surface area contributed by atoms with Crippen molar-refractivity contribution in [1.82, 2.24) is 10.7 Å². The normalized spacial score (nSPS) is 10.5. The van der Waals surface area contributed by atoms with Gasteiger partial charge in [-0.15, -0.1) is 0 Å². The van der Waals surface area contributed by atoms with Crippen LogP contribution in [0.3, 0.4) is 0 Å². The zero-order valence-corrected chi connectivity index (χ0v) is 20.6. The van der Waals surface area contributed by atoms with Gasteiger partial charge in [0.1, 0.15) is 5.75 Å². The van der Waals surface area contributed by atoms with E-state index in [0.717, 1.165) is 0 Å². The van der Waals surface area contributed by atoms with Crippen molar-refractivity contribution in [2.75, 3.05) is 34.0 Å². The Kier molecular flexibility index (Phi) is 10.8. The van der Waals surface area contributed by atoms with Crippen molar-refractivity contribution in [3.05, 3.63) is 52.0 Å². The minimum absolute atomic E-state index is 0.0490. The SMILES string of the molecule is CCOc1cc(C=NNC(=O)CCNC(=O)c2ccc(OC)cc2)cc(Br)c1OCC(=O)OC. The van der Waals surface area contributed by atoms with Crippen LogP contribution in [0.15, 0.2) is 46.0 Å². The molecule has 182 valence electrons. The van der Waals surface area contributed by atoms with Crippen LogP contribution in [0.1, 0.15) is 29.3 Å². The summed E-state index contributed by atoms with van der Waals surface area (Å²) in [6, 6.07) is 10.00. The molecular weight excluding hydrogens is 510 g/mol. The number of methoxy groups -OCH3 is 2. The standard InChI is InChI=1S/C23H26BrN3O7/c1-4-33-19-12-15(11-18(24)22(19)34-14-21(29)32-3)13-26-27-20(28)9-10-25-23(30)16-5-7-17(31-2)8-6-16/h5-8,11-13H,4,9-10,14H2,1-3H3,(H,25,30)(H,27,28). The molecule has 2 N–H and O–H groups in total. The molecule has 0 spiro atoms. The first-order chi connectivity index (χ1) is 16.4. The van der Waals surface area contributed by atoms with E-state index in [1.807, 2.05) is 6.92 Å². The summed E-state index contributed by atoms with van der Waals surface area (Å²) >= 11 is 3.38. The van der Waals surface area contributed by atoms with Crippen LogP contribution >= 0.6 is 15.9 Å². The molecule has 0 fully saturated rings. The van der Waals surface area contributed by atoms with E-state index in [-0.39, 0.29) is 31.4 Å². The fourth-order valence-electron chi connectivity index (χ4n) is 2.62. The number of carbonyl (C=O) groups excluding carboxylic acids is 3. The van der Waals surface area contributed by atoms with E-state index < -0.39 is 5.97 Å². The van der Waals surface area contributed by atoms with Crippen molar-refractivity contribution < 1.29 is 33.3 Å². The van der Waals surface area contributed by atoms with Gasteiger partial charge in [0.2, 0.25) is 5.91 Å². The van der Waals surface area contributed by atoms with Crippen molar-refractivity contribution in [2.45, 2.75) is 13.3 Å². The van der Waals surface area contributed by atoms with Crippen LogP contribution in [-0.4, -0.2) is 58.0 Å². The molecule has 0 aliphatic rings. The maximum absolute atomic E-state index is 12.1. The maximum Gasteiger partial charge on any atom is 0.343 e. The molecule has 0 saturated heterocycles. The summed E-state index contributed by atoms with van der Waals surface area (Å²) in [7, 11) is 2.82. The number of ether oxygens (including phenoxy) is 4. The quantitative estimate of drug-likeness (QED) is 0.243. The van der Waals surface area contributed by atoms with Gasteiger partial charge in [0.05, 0.1) is 31.5 Å². The monoisotopic (exact) mass is 535 g/mol. The van der Waals surface area contributed by atoms with E-state index in [1.54, 1.807) is 43.5 Å². The van der Waals surface area contributed by atoms with Crippen LogP contribution in [0.5, 0.6) is 17.2 Å². The lowest BCUT2D eigenvalue weighted by molar-refractivity contribution is -0.143. The van der Waals surface area contributed by atoms with Crippen LogP contribution < -0.4 is 25.0 Å². The van der Waals surface area contributed by atoms with Gasteiger partial charge in [0.25, 0.3) is 5.91 Å². The Morgan fingerprint density at radius 2 is 1.82 bits per heavy atom. The third-order valence-corrected chi connectivity index (χ3v) is 4.88. The van der Waals surface area contributed by atoms with Gasteiger partial charge in [-0.25, -0.2) is 10.2 Å². The highest BCUT2D eigenvalue weighted by Gasteiger charge is 2.14. The highest BCUT2D eigenvalue weighted by molar-refractivity contribution is 9.10. The van der Waals surface area contributed by atoms with Gasteiger partial charge >= 0.3 is 5.97 Å². The Balaban J connectivity index is 1.87. The van der Waals surface area contributed by atoms with E-state index in [4.69, 9.17) is 14.2 Å². The van der Waals surface area contributed by atoms with Gasteiger partial charge in [-0.2, -0.15) is 5.10 Å². The van der Waals surface area contributed by atoms with Crippen LogP contribution in [0.4, 0.5) is 0 Å². The Hall–Kier alpha value is -3.60. The largest absolute Gasteiger partial charge is 0.497 e. The zero-order chi connectivity index (χ0) is 24.9. The van der Waals surface area contributed by atoms with Crippen LogP contribution in [0, 0.1) is 0 Å². The molecule has 0 aromatic heterocycles. The summed E-state index contributed by atoms with van der Waals surface area (Å²) in [4.78, 5) is 35.5. The number of carbonyl (C=O) groups is 3. The Labute approximate surface area is 205 Å². The fourth-order valence-corrected chi connectivity index (χ4v) is 3.20. The van der Waals surface area contributed by atoms with Crippen molar-refractivity contribution >= 4 is 39.9 Å². The second-order valence-electron chi connectivity index (χ2n) is 6.66. The molecule has 11 heteroatoms.